The zero-order chi connectivity index (χ0) is 8.53. The summed E-state index contributed by atoms with van der Waals surface area (Å²) in [6.45, 7) is 4.70. The Kier molecular flexibility index (Phi) is 7.76. The minimum absolute atomic E-state index is 0.611. The monoisotopic (exact) mass is 175 g/mol. The van der Waals surface area contributed by atoms with E-state index in [1.807, 2.05) is 13.0 Å². The maximum Gasteiger partial charge on any atom is 0.540 e. The van der Waals surface area contributed by atoms with Crippen molar-refractivity contribution < 1.29 is 9.09 Å². The molecule has 1 atom stereocenters. The minimum Gasteiger partial charge on any atom is -0.142 e. The lowest BCUT2D eigenvalue weighted by molar-refractivity contribution is 0.326. The average molecular weight is 175 g/mol. The van der Waals surface area contributed by atoms with Gasteiger partial charge in [0.15, 0.2) is 5.82 Å². The molecule has 11 heavy (non-hydrogen) atoms. The summed E-state index contributed by atoms with van der Waals surface area (Å²) in [6.07, 6.45) is 4.85. The topological polar surface area (TPSA) is 26.3 Å². The number of hydrogen-bond acceptors (Lipinski definition) is 2. The van der Waals surface area contributed by atoms with Crippen molar-refractivity contribution in [2.45, 2.75) is 33.1 Å². The molecule has 0 saturated heterocycles. The average Bonchev–Trinajstić information content (AvgIpc) is 2.01. The maximum absolute atomic E-state index is 10.9. The van der Waals surface area contributed by atoms with Crippen LogP contribution < -0.4 is 0 Å². The lowest BCUT2D eigenvalue weighted by Gasteiger charge is -1.85. The first-order valence-corrected chi connectivity index (χ1v) is 5.31. The first-order valence-electron chi connectivity index (χ1n) is 4.07. The van der Waals surface area contributed by atoms with Gasteiger partial charge in [0.1, 0.15) is 6.61 Å². The van der Waals surface area contributed by atoms with Gasteiger partial charge >= 0.3 is 8.03 Å². The number of hydrogen-bond donors (Lipinski definition) is 0. The summed E-state index contributed by atoms with van der Waals surface area (Å²) in [4.78, 5) is 0. The molecule has 64 valence electrons. The van der Waals surface area contributed by atoms with Crippen molar-refractivity contribution in [3.05, 3.63) is 11.9 Å². The Bertz CT molecular complexity index is 132. The van der Waals surface area contributed by atoms with E-state index < -0.39 is 8.03 Å². The van der Waals surface area contributed by atoms with E-state index in [9.17, 15) is 4.57 Å². The van der Waals surface area contributed by atoms with E-state index in [-0.39, 0.29) is 0 Å². The second-order valence-corrected chi connectivity index (χ2v) is 3.39. The quantitative estimate of drug-likeness (QED) is 0.456. The van der Waals surface area contributed by atoms with Crippen LogP contribution in [0, 0.1) is 0 Å². The van der Waals surface area contributed by atoms with Crippen LogP contribution in [0.4, 0.5) is 0 Å². The van der Waals surface area contributed by atoms with Gasteiger partial charge in [0.25, 0.3) is 0 Å². The molecule has 0 bridgehead atoms. The van der Waals surface area contributed by atoms with Gasteiger partial charge in [-0.25, -0.2) is 0 Å². The summed E-state index contributed by atoms with van der Waals surface area (Å²) in [7, 11) is -1.53. The summed E-state index contributed by atoms with van der Waals surface area (Å²) in [5, 5.41) is 0. The number of allylic oxidation sites excluding steroid dienone is 1. The van der Waals surface area contributed by atoms with Crippen molar-refractivity contribution in [1.29, 1.82) is 0 Å². The molecule has 0 N–H and O–H groups in total. The van der Waals surface area contributed by atoms with Crippen molar-refractivity contribution in [3.8, 4) is 0 Å². The fourth-order valence-electron chi connectivity index (χ4n) is 0.533. The fraction of sp³-hybridized carbons (Fsp3) is 0.750. The Balaban J connectivity index is 3.30. The highest BCUT2D eigenvalue weighted by atomic mass is 31.1. The van der Waals surface area contributed by atoms with E-state index in [4.69, 9.17) is 4.52 Å². The summed E-state index contributed by atoms with van der Waals surface area (Å²) in [5.41, 5.74) is 0. The molecular formula is C8H16O2P+. The van der Waals surface area contributed by atoms with E-state index in [0.29, 0.717) is 6.61 Å². The minimum atomic E-state index is -1.53. The van der Waals surface area contributed by atoms with Gasteiger partial charge in [-0.3, -0.25) is 0 Å². The van der Waals surface area contributed by atoms with E-state index >= 15 is 0 Å². The molecule has 0 aromatic heterocycles. The zero-order valence-corrected chi connectivity index (χ0v) is 8.14. The summed E-state index contributed by atoms with van der Waals surface area (Å²) in [5.74, 6) is 1.63. The van der Waals surface area contributed by atoms with Gasteiger partial charge in [0.05, 0.1) is 0 Å². The first kappa shape index (κ1) is 10.8. The van der Waals surface area contributed by atoms with Gasteiger partial charge in [0, 0.05) is 0 Å². The van der Waals surface area contributed by atoms with Crippen LogP contribution in [-0.2, 0) is 9.09 Å². The van der Waals surface area contributed by atoms with E-state index in [0.717, 1.165) is 19.3 Å². The normalized spacial score (nSPS) is 12.4. The van der Waals surface area contributed by atoms with Crippen LogP contribution in [0.2, 0.25) is 0 Å². The van der Waals surface area contributed by atoms with Crippen molar-refractivity contribution in [2.24, 2.45) is 0 Å². The predicted octanol–water partition coefficient (Wildman–Crippen LogP) is 3.47. The van der Waals surface area contributed by atoms with Crippen LogP contribution in [0.15, 0.2) is 11.9 Å². The summed E-state index contributed by atoms with van der Waals surface area (Å²) >= 11 is 0. The maximum atomic E-state index is 10.9. The highest BCUT2D eigenvalue weighted by molar-refractivity contribution is 7.42. The molecule has 0 radical (unpaired) electrons. The Morgan fingerprint density at radius 2 is 2.18 bits per heavy atom. The number of unbranched alkanes of at least 4 members (excludes halogenated alkanes) is 1. The molecule has 2 nitrogen and oxygen atoms in total. The van der Waals surface area contributed by atoms with Crippen LogP contribution in [0.3, 0.4) is 0 Å². The highest BCUT2D eigenvalue weighted by Crippen LogP contribution is 2.23. The molecule has 0 spiro atoms. The molecule has 0 aromatic carbocycles. The van der Waals surface area contributed by atoms with Crippen molar-refractivity contribution in [3.63, 3.8) is 0 Å². The van der Waals surface area contributed by atoms with Crippen molar-refractivity contribution in [1.82, 2.24) is 0 Å². The van der Waals surface area contributed by atoms with Crippen LogP contribution in [0.5, 0.6) is 0 Å². The Labute approximate surface area is 69.5 Å². The summed E-state index contributed by atoms with van der Waals surface area (Å²) < 4.78 is 15.9. The molecule has 0 saturated carbocycles. The Morgan fingerprint density at radius 1 is 1.45 bits per heavy atom. The molecular weight excluding hydrogens is 159 g/mol. The molecule has 0 aliphatic carbocycles. The van der Waals surface area contributed by atoms with Gasteiger partial charge in [-0.1, -0.05) is 20.3 Å². The van der Waals surface area contributed by atoms with Gasteiger partial charge in [-0.05, 0) is 23.5 Å². The van der Waals surface area contributed by atoms with Crippen molar-refractivity contribution >= 4 is 8.03 Å². The Morgan fingerprint density at radius 3 is 2.73 bits per heavy atom. The van der Waals surface area contributed by atoms with Crippen molar-refractivity contribution in [2.75, 3.05) is 6.61 Å². The third-order valence-electron chi connectivity index (χ3n) is 1.18. The molecule has 1 unspecified atom stereocenters. The van der Waals surface area contributed by atoms with Gasteiger partial charge in [-0.2, -0.15) is 0 Å². The third-order valence-corrected chi connectivity index (χ3v) is 2.07. The van der Waals surface area contributed by atoms with E-state index in [1.54, 1.807) is 5.82 Å². The smallest absolute Gasteiger partial charge is 0.142 e. The van der Waals surface area contributed by atoms with Gasteiger partial charge < -0.3 is 0 Å². The second kappa shape index (κ2) is 7.90. The molecule has 0 aliphatic heterocycles. The van der Waals surface area contributed by atoms with Crippen LogP contribution >= 0.6 is 8.03 Å². The molecule has 0 rings (SSSR count). The second-order valence-electron chi connectivity index (χ2n) is 2.27. The number of rotatable bonds is 6. The predicted molar refractivity (Wildman–Crippen MR) is 47.9 cm³/mol. The standard InChI is InChI=1S/C8H16O2P/c1-3-5-7-10-11(9)8-6-4-2/h6,8H,3-5,7H2,1-2H3/q+1. The molecule has 0 amide bonds. The fourth-order valence-corrected chi connectivity index (χ4v) is 1.31. The molecule has 0 aromatic rings. The first-order chi connectivity index (χ1) is 5.31. The highest BCUT2D eigenvalue weighted by Gasteiger charge is 2.09. The molecule has 3 heteroatoms. The third kappa shape index (κ3) is 7.70. The zero-order valence-electron chi connectivity index (χ0n) is 7.25. The lowest BCUT2D eigenvalue weighted by Crippen LogP contribution is -1.82. The van der Waals surface area contributed by atoms with E-state index in [2.05, 4.69) is 6.92 Å². The van der Waals surface area contributed by atoms with Gasteiger partial charge in [0.2, 0.25) is 0 Å². The van der Waals surface area contributed by atoms with Crippen LogP contribution in [-0.4, -0.2) is 6.61 Å². The van der Waals surface area contributed by atoms with Crippen LogP contribution in [0.25, 0.3) is 0 Å². The largest absolute Gasteiger partial charge is 0.540 e. The Hall–Kier alpha value is -0.200. The van der Waals surface area contributed by atoms with Gasteiger partial charge in [-0.15, -0.1) is 4.52 Å². The van der Waals surface area contributed by atoms with E-state index in [1.165, 1.54) is 0 Å². The molecule has 0 fully saturated rings. The SMILES string of the molecule is CCC=C[P+](=O)OCCCC. The molecule has 0 aliphatic rings. The van der Waals surface area contributed by atoms with Crippen LogP contribution in [0.1, 0.15) is 33.1 Å². The molecule has 0 heterocycles. The summed E-state index contributed by atoms with van der Waals surface area (Å²) in [6, 6.07) is 0. The lowest BCUT2D eigenvalue weighted by atomic mass is 10.4.